The predicted octanol–water partition coefficient (Wildman–Crippen LogP) is 4.04. The maximum atomic E-state index is 12.2. The molecular formula is C17H27NO3. The van der Waals surface area contributed by atoms with E-state index in [9.17, 15) is 4.79 Å². The summed E-state index contributed by atoms with van der Waals surface area (Å²) >= 11 is 0. The first-order chi connectivity index (χ1) is 10.1. The molecule has 1 aromatic rings. The predicted molar refractivity (Wildman–Crippen MR) is 85.6 cm³/mol. The number of carbonyl (C=O) groups excluding carboxylic acids is 1. The molecule has 0 radical (unpaired) electrons. The topological polar surface area (TPSA) is 61.5 Å². The van der Waals surface area contributed by atoms with Crippen LogP contribution in [0.2, 0.25) is 0 Å². The average Bonchev–Trinajstić information content (AvgIpc) is 2.49. The minimum atomic E-state index is -0.360. The Bertz CT molecular complexity index is 446. The standard InChI is InChI=1S/C17H27NO3/c1-4-7-9-13(5-2)12-21-17(19)14-10-8-11-15(18)16(14)20-6-3/h8,10-11,13H,4-7,9,12,18H2,1-3H3. The van der Waals surface area contributed by atoms with Gasteiger partial charge in [-0.05, 0) is 31.4 Å². The molecule has 118 valence electrons. The van der Waals surface area contributed by atoms with Gasteiger partial charge in [-0.2, -0.15) is 0 Å². The van der Waals surface area contributed by atoms with Gasteiger partial charge in [0, 0.05) is 0 Å². The molecule has 1 rings (SSSR count). The number of rotatable bonds is 9. The van der Waals surface area contributed by atoms with Crippen LogP contribution in [0.25, 0.3) is 0 Å². The summed E-state index contributed by atoms with van der Waals surface area (Å²) in [6, 6.07) is 5.15. The number of nitrogens with two attached hydrogens (primary N) is 1. The van der Waals surface area contributed by atoms with Crippen molar-refractivity contribution >= 4 is 11.7 Å². The maximum Gasteiger partial charge on any atom is 0.342 e. The third-order valence-corrected chi connectivity index (χ3v) is 3.55. The Labute approximate surface area is 127 Å². The fourth-order valence-electron chi connectivity index (χ4n) is 2.19. The minimum Gasteiger partial charge on any atom is -0.491 e. The molecule has 0 aromatic heterocycles. The lowest BCUT2D eigenvalue weighted by molar-refractivity contribution is 0.0424. The molecule has 0 bridgehead atoms. The van der Waals surface area contributed by atoms with Crippen molar-refractivity contribution in [1.29, 1.82) is 0 Å². The minimum absolute atomic E-state index is 0.360. The average molecular weight is 293 g/mol. The van der Waals surface area contributed by atoms with E-state index in [0.717, 1.165) is 19.3 Å². The number of para-hydroxylation sites is 1. The monoisotopic (exact) mass is 293 g/mol. The van der Waals surface area contributed by atoms with Crippen molar-refractivity contribution in [3.8, 4) is 5.75 Å². The van der Waals surface area contributed by atoms with Crippen molar-refractivity contribution in [2.45, 2.75) is 46.5 Å². The highest BCUT2D eigenvalue weighted by atomic mass is 16.5. The highest BCUT2D eigenvalue weighted by Gasteiger charge is 2.17. The van der Waals surface area contributed by atoms with Crippen molar-refractivity contribution < 1.29 is 14.3 Å². The van der Waals surface area contributed by atoms with E-state index in [0.29, 0.717) is 36.1 Å². The van der Waals surface area contributed by atoms with E-state index < -0.39 is 0 Å². The first-order valence-corrected chi connectivity index (χ1v) is 7.82. The summed E-state index contributed by atoms with van der Waals surface area (Å²) in [7, 11) is 0. The Hall–Kier alpha value is -1.71. The number of anilines is 1. The van der Waals surface area contributed by atoms with Crippen LogP contribution in [0.1, 0.15) is 56.8 Å². The van der Waals surface area contributed by atoms with Gasteiger partial charge in [0.15, 0.2) is 5.75 Å². The summed E-state index contributed by atoms with van der Waals surface area (Å²) in [5, 5.41) is 0. The Morgan fingerprint density at radius 2 is 2.05 bits per heavy atom. The molecule has 0 saturated heterocycles. The zero-order chi connectivity index (χ0) is 15.7. The number of carbonyl (C=O) groups is 1. The van der Waals surface area contributed by atoms with Crippen LogP contribution in [0.4, 0.5) is 5.69 Å². The summed E-state index contributed by atoms with van der Waals surface area (Å²) in [5.41, 5.74) is 6.73. The number of hydrogen-bond acceptors (Lipinski definition) is 4. The molecule has 4 nitrogen and oxygen atoms in total. The van der Waals surface area contributed by atoms with Gasteiger partial charge >= 0.3 is 5.97 Å². The lowest BCUT2D eigenvalue weighted by Gasteiger charge is -2.16. The highest BCUT2D eigenvalue weighted by Crippen LogP contribution is 2.27. The normalized spacial score (nSPS) is 12.0. The van der Waals surface area contributed by atoms with Crippen molar-refractivity contribution in [2.24, 2.45) is 5.92 Å². The van der Waals surface area contributed by atoms with Gasteiger partial charge in [-0.15, -0.1) is 0 Å². The molecule has 0 amide bonds. The van der Waals surface area contributed by atoms with E-state index in [1.165, 1.54) is 6.42 Å². The van der Waals surface area contributed by atoms with Crippen LogP contribution in [0.3, 0.4) is 0 Å². The summed E-state index contributed by atoms with van der Waals surface area (Å²) in [5.74, 6) is 0.484. The zero-order valence-corrected chi connectivity index (χ0v) is 13.4. The van der Waals surface area contributed by atoms with Crippen molar-refractivity contribution in [2.75, 3.05) is 18.9 Å². The molecule has 2 N–H and O–H groups in total. The van der Waals surface area contributed by atoms with E-state index in [2.05, 4.69) is 13.8 Å². The summed E-state index contributed by atoms with van der Waals surface area (Å²) in [6.45, 7) is 7.07. The lowest BCUT2D eigenvalue weighted by Crippen LogP contribution is -2.15. The van der Waals surface area contributed by atoms with Crippen LogP contribution in [0.5, 0.6) is 5.75 Å². The molecule has 0 aliphatic rings. The first-order valence-electron chi connectivity index (χ1n) is 7.82. The summed E-state index contributed by atoms with van der Waals surface area (Å²) in [4.78, 5) is 12.2. The lowest BCUT2D eigenvalue weighted by atomic mass is 10.0. The third kappa shape index (κ3) is 5.29. The summed E-state index contributed by atoms with van der Waals surface area (Å²) in [6.07, 6.45) is 4.44. The van der Waals surface area contributed by atoms with Gasteiger partial charge in [-0.25, -0.2) is 4.79 Å². The molecule has 0 fully saturated rings. The van der Waals surface area contributed by atoms with Crippen LogP contribution < -0.4 is 10.5 Å². The van der Waals surface area contributed by atoms with E-state index in [4.69, 9.17) is 15.2 Å². The fraction of sp³-hybridized carbons (Fsp3) is 0.588. The molecule has 21 heavy (non-hydrogen) atoms. The molecule has 0 aliphatic heterocycles. The van der Waals surface area contributed by atoms with Gasteiger partial charge in [0.25, 0.3) is 0 Å². The molecule has 0 saturated carbocycles. The van der Waals surface area contributed by atoms with Crippen LogP contribution in [-0.2, 0) is 4.74 Å². The molecule has 4 heteroatoms. The smallest absolute Gasteiger partial charge is 0.342 e. The number of hydrogen-bond donors (Lipinski definition) is 1. The molecule has 1 aromatic carbocycles. The Kier molecular flexibility index (Phi) is 7.65. The molecule has 0 aliphatic carbocycles. The molecular weight excluding hydrogens is 266 g/mol. The second-order valence-electron chi connectivity index (χ2n) is 5.17. The quantitative estimate of drug-likeness (QED) is 0.551. The number of ether oxygens (including phenoxy) is 2. The maximum absolute atomic E-state index is 12.2. The van der Waals surface area contributed by atoms with E-state index in [1.54, 1.807) is 18.2 Å². The van der Waals surface area contributed by atoms with Crippen LogP contribution in [0.15, 0.2) is 18.2 Å². The van der Waals surface area contributed by atoms with E-state index in [1.807, 2.05) is 6.92 Å². The van der Waals surface area contributed by atoms with Gasteiger partial charge in [0.2, 0.25) is 0 Å². The van der Waals surface area contributed by atoms with Crippen LogP contribution >= 0.6 is 0 Å². The number of unbranched alkanes of at least 4 members (excludes halogenated alkanes) is 1. The third-order valence-electron chi connectivity index (χ3n) is 3.55. The molecule has 0 spiro atoms. The SMILES string of the molecule is CCCCC(CC)COC(=O)c1cccc(N)c1OCC. The molecule has 1 atom stereocenters. The number of benzene rings is 1. The van der Waals surface area contributed by atoms with Crippen molar-refractivity contribution in [1.82, 2.24) is 0 Å². The van der Waals surface area contributed by atoms with Gasteiger partial charge in [0.05, 0.1) is 18.9 Å². The number of esters is 1. The van der Waals surface area contributed by atoms with Crippen LogP contribution in [0, 0.1) is 5.92 Å². The Morgan fingerprint density at radius 3 is 2.67 bits per heavy atom. The van der Waals surface area contributed by atoms with Gasteiger partial charge in [-0.1, -0.05) is 39.2 Å². The molecule has 0 heterocycles. The Balaban J connectivity index is 2.69. The van der Waals surface area contributed by atoms with Gasteiger partial charge in [0.1, 0.15) is 5.56 Å². The zero-order valence-electron chi connectivity index (χ0n) is 13.4. The largest absolute Gasteiger partial charge is 0.491 e. The van der Waals surface area contributed by atoms with E-state index >= 15 is 0 Å². The van der Waals surface area contributed by atoms with Crippen molar-refractivity contribution in [3.05, 3.63) is 23.8 Å². The fourth-order valence-corrected chi connectivity index (χ4v) is 2.19. The summed E-state index contributed by atoms with van der Waals surface area (Å²) < 4.78 is 10.9. The number of nitrogen functional groups attached to an aromatic ring is 1. The first kappa shape index (κ1) is 17.3. The molecule has 1 unspecified atom stereocenters. The van der Waals surface area contributed by atoms with E-state index in [-0.39, 0.29) is 5.97 Å². The van der Waals surface area contributed by atoms with Gasteiger partial charge in [-0.3, -0.25) is 0 Å². The van der Waals surface area contributed by atoms with Crippen molar-refractivity contribution in [3.63, 3.8) is 0 Å². The highest BCUT2D eigenvalue weighted by molar-refractivity contribution is 5.94. The Morgan fingerprint density at radius 1 is 1.29 bits per heavy atom. The van der Waals surface area contributed by atoms with Gasteiger partial charge < -0.3 is 15.2 Å². The van der Waals surface area contributed by atoms with Crippen LogP contribution in [-0.4, -0.2) is 19.2 Å². The second kappa shape index (κ2) is 9.27. The second-order valence-corrected chi connectivity index (χ2v) is 5.17.